The number of hydrogen-bond acceptors (Lipinski definition) is 3. The number of rotatable bonds is 4. The Balaban J connectivity index is 2.08. The molecule has 0 aliphatic heterocycles. The third-order valence-corrected chi connectivity index (χ3v) is 4.34. The van der Waals surface area contributed by atoms with E-state index in [0.29, 0.717) is 12.6 Å². The zero-order valence-electron chi connectivity index (χ0n) is 10.7. The van der Waals surface area contributed by atoms with E-state index in [1.165, 1.54) is 24.9 Å². The summed E-state index contributed by atoms with van der Waals surface area (Å²) in [5.41, 5.74) is 2.19. The van der Waals surface area contributed by atoms with Gasteiger partial charge in [0, 0.05) is 34.3 Å². The van der Waals surface area contributed by atoms with E-state index in [1.807, 2.05) is 18.3 Å². The smallest absolute Gasteiger partial charge is 0.0723 e. The van der Waals surface area contributed by atoms with Crippen LogP contribution in [0.5, 0.6) is 0 Å². The summed E-state index contributed by atoms with van der Waals surface area (Å²) in [5.74, 6) is 0. The molecule has 1 aliphatic rings. The highest BCUT2D eigenvalue weighted by atomic mass is 79.9. The van der Waals surface area contributed by atoms with E-state index in [2.05, 4.69) is 37.9 Å². The Morgan fingerprint density at radius 2 is 2.16 bits per heavy atom. The number of benzene rings is 1. The fourth-order valence-corrected chi connectivity index (χ4v) is 3.02. The molecule has 19 heavy (non-hydrogen) atoms. The summed E-state index contributed by atoms with van der Waals surface area (Å²) < 4.78 is 1.06. The van der Waals surface area contributed by atoms with Crippen molar-refractivity contribution in [2.75, 3.05) is 18.1 Å². The van der Waals surface area contributed by atoms with Crippen LogP contribution in [0.15, 0.2) is 34.9 Å². The Kier molecular flexibility index (Phi) is 3.71. The third-order valence-electron chi connectivity index (χ3n) is 3.85. The number of pyridine rings is 1. The molecule has 1 N–H and O–H groups in total. The van der Waals surface area contributed by atoms with Gasteiger partial charge in [0.25, 0.3) is 0 Å². The Bertz CT molecular complexity index is 583. The molecule has 0 amide bonds. The van der Waals surface area contributed by atoms with Crippen molar-refractivity contribution in [3.63, 3.8) is 0 Å². The van der Waals surface area contributed by atoms with Gasteiger partial charge in [0.1, 0.15) is 0 Å². The van der Waals surface area contributed by atoms with Crippen LogP contribution < -0.4 is 4.90 Å². The molecule has 1 fully saturated rings. The molecule has 1 aromatic heterocycles. The minimum absolute atomic E-state index is 0.189. The second-order valence-corrected chi connectivity index (χ2v) is 5.91. The normalized spacial score (nSPS) is 15.5. The lowest BCUT2D eigenvalue weighted by Crippen LogP contribution is -2.42. The molecule has 1 aliphatic carbocycles. The van der Waals surface area contributed by atoms with Gasteiger partial charge < -0.3 is 10.0 Å². The molecule has 1 saturated carbocycles. The van der Waals surface area contributed by atoms with Gasteiger partial charge in [0.2, 0.25) is 0 Å². The first-order valence-corrected chi connectivity index (χ1v) is 7.50. The van der Waals surface area contributed by atoms with Gasteiger partial charge in [-0.25, -0.2) is 0 Å². The average Bonchev–Trinajstić information content (AvgIpc) is 2.35. The van der Waals surface area contributed by atoms with Gasteiger partial charge in [-0.3, -0.25) is 4.98 Å². The summed E-state index contributed by atoms with van der Waals surface area (Å²) in [6.07, 6.45) is 5.59. The van der Waals surface area contributed by atoms with Crippen molar-refractivity contribution < 1.29 is 5.11 Å². The Labute approximate surface area is 121 Å². The zero-order chi connectivity index (χ0) is 13.2. The van der Waals surface area contributed by atoms with Crippen molar-refractivity contribution in [1.29, 1.82) is 0 Å². The van der Waals surface area contributed by atoms with Crippen molar-refractivity contribution in [1.82, 2.24) is 4.98 Å². The SMILES string of the molecule is OCCN(c1ccnc2ccc(Br)cc12)C1CCC1. The van der Waals surface area contributed by atoms with E-state index in [9.17, 15) is 5.11 Å². The standard InChI is InChI=1S/C15H17BrN2O/c16-11-4-5-14-13(10-11)15(6-7-17-14)18(8-9-19)12-2-1-3-12/h4-7,10,12,19H,1-3,8-9H2. The maximum atomic E-state index is 9.33. The minimum atomic E-state index is 0.189. The van der Waals surface area contributed by atoms with E-state index < -0.39 is 0 Å². The maximum Gasteiger partial charge on any atom is 0.0723 e. The first-order chi connectivity index (χ1) is 9.29. The van der Waals surface area contributed by atoms with Gasteiger partial charge >= 0.3 is 0 Å². The highest BCUT2D eigenvalue weighted by Gasteiger charge is 2.25. The summed E-state index contributed by atoms with van der Waals surface area (Å²) in [4.78, 5) is 6.75. The molecule has 3 rings (SSSR count). The molecule has 0 radical (unpaired) electrons. The average molecular weight is 321 g/mol. The second kappa shape index (κ2) is 5.47. The monoisotopic (exact) mass is 320 g/mol. The Morgan fingerprint density at radius 1 is 1.32 bits per heavy atom. The molecule has 4 heteroatoms. The van der Waals surface area contributed by atoms with Gasteiger partial charge in [0.05, 0.1) is 12.1 Å². The van der Waals surface area contributed by atoms with Crippen molar-refractivity contribution in [3.8, 4) is 0 Å². The molecule has 1 heterocycles. The minimum Gasteiger partial charge on any atom is -0.395 e. The third kappa shape index (κ3) is 2.47. The largest absolute Gasteiger partial charge is 0.395 e. The number of aliphatic hydroxyl groups excluding tert-OH is 1. The van der Waals surface area contributed by atoms with Crippen LogP contribution in [0.25, 0.3) is 10.9 Å². The van der Waals surface area contributed by atoms with Gasteiger partial charge in [0.15, 0.2) is 0 Å². The van der Waals surface area contributed by atoms with Gasteiger partial charge in [-0.05, 0) is 43.5 Å². The van der Waals surface area contributed by atoms with Crippen molar-refractivity contribution in [3.05, 3.63) is 34.9 Å². The number of aromatic nitrogens is 1. The van der Waals surface area contributed by atoms with Gasteiger partial charge in [-0.1, -0.05) is 15.9 Å². The van der Waals surface area contributed by atoms with Crippen LogP contribution >= 0.6 is 15.9 Å². The van der Waals surface area contributed by atoms with E-state index in [4.69, 9.17) is 0 Å². The Morgan fingerprint density at radius 3 is 2.84 bits per heavy atom. The first-order valence-electron chi connectivity index (χ1n) is 6.71. The molecular formula is C15H17BrN2O. The Hall–Kier alpha value is -1.13. The number of fused-ring (bicyclic) bond motifs is 1. The summed E-state index contributed by atoms with van der Waals surface area (Å²) in [6, 6.07) is 8.78. The summed E-state index contributed by atoms with van der Waals surface area (Å²) in [7, 11) is 0. The molecule has 0 unspecified atom stereocenters. The van der Waals surface area contributed by atoms with Gasteiger partial charge in [-0.2, -0.15) is 0 Å². The number of halogens is 1. The lowest BCUT2D eigenvalue weighted by Gasteiger charge is -2.39. The van der Waals surface area contributed by atoms with Crippen LogP contribution in [-0.4, -0.2) is 29.3 Å². The topological polar surface area (TPSA) is 36.4 Å². The van der Waals surface area contributed by atoms with Gasteiger partial charge in [-0.15, -0.1) is 0 Å². The summed E-state index contributed by atoms with van der Waals surface area (Å²) in [5, 5.41) is 10.5. The first kappa shape index (κ1) is 12.9. The number of anilines is 1. The molecule has 0 saturated heterocycles. The van der Waals surface area contributed by atoms with E-state index in [0.717, 1.165) is 15.4 Å². The molecular weight excluding hydrogens is 304 g/mol. The highest BCUT2D eigenvalue weighted by molar-refractivity contribution is 9.10. The fourth-order valence-electron chi connectivity index (χ4n) is 2.66. The molecule has 0 spiro atoms. The fraction of sp³-hybridized carbons (Fsp3) is 0.400. The number of aliphatic hydroxyl groups is 1. The second-order valence-electron chi connectivity index (χ2n) is 4.99. The molecule has 100 valence electrons. The molecule has 2 aromatic rings. The van der Waals surface area contributed by atoms with Crippen LogP contribution in [0.2, 0.25) is 0 Å². The summed E-state index contributed by atoms with van der Waals surface area (Å²) in [6.45, 7) is 0.880. The summed E-state index contributed by atoms with van der Waals surface area (Å²) >= 11 is 3.53. The van der Waals surface area contributed by atoms with E-state index in [1.54, 1.807) is 0 Å². The van der Waals surface area contributed by atoms with E-state index >= 15 is 0 Å². The molecule has 0 bridgehead atoms. The van der Waals surface area contributed by atoms with Crippen LogP contribution in [-0.2, 0) is 0 Å². The lowest BCUT2D eigenvalue weighted by atomic mass is 9.90. The van der Waals surface area contributed by atoms with Crippen molar-refractivity contribution in [2.45, 2.75) is 25.3 Å². The quantitative estimate of drug-likeness (QED) is 0.938. The zero-order valence-corrected chi connectivity index (χ0v) is 12.3. The lowest BCUT2D eigenvalue weighted by molar-refractivity contribution is 0.284. The van der Waals surface area contributed by atoms with E-state index in [-0.39, 0.29) is 6.61 Å². The van der Waals surface area contributed by atoms with Crippen LogP contribution in [0.1, 0.15) is 19.3 Å². The molecule has 3 nitrogen and oxygen atoms in total. The number of hydrogen-bond donors (Lipinski definition) is 1. The highest BCUT2D eigenvalue weighted by Crippen LogP contribution is 2.34. The molecule has 0 atom stereocenters. The predicted octanol–water partition coefficient (Wildman–Crippen LogP) is 3.35. The maximum absolute atomic E-state index is 9.33. The van der Waals surface area contributed by atoms with Crippen molar-refractivity contribution in [2.24, 2.45) is 0 Å². The van der Waals surface area contributed by atoms with Crippen molar-refractivity contribution >= 4 is 32.5 Å². The van der Waals surface area contributed by atoms with Crippen LogP contribution in [0, 0.1) is 0 Å². The number of nitrogens with zero attached hydrogens (tertiary/aromatic N) is 2. The predicted molar refractivity (Wildman–Crippen MR) is 81.5 cm³/mol. The van der Waals surface area contributed by atoms with Crippen LogP contribution in [0.4, 0.5) is 5.69 Å². The molecule has 1 aromatic carbocycles. The van der Waals surface area contributed by atoms with Crippen LogP contribution in [0.3, 0.4) is 0 Å².